The van der Waals surface area contributed by atoms with Crippen LogP contribution in [0.15, 0.2) is 4.99 Å². The fraction of sp³-hybridized carbons (Fsp3) is 0.818. The molecule has 5 heteroatoms. The zero-order chi connectivity index (χ0) is 11.2. The number of nitrogens with zero attached hydrogens (tertiary/aromatic N) is 2. The van der Waals surface area contributed by atoms with Crippen molar-refractivity contribution in [1.82, 2.24) is 10.2 Å². The number of aliphatic imine (C=N–C) groups is 1. The molecule has 0 aromatic rings. The third-order valence-electron chi connectivity index (χ3n) is 2.91. The minimum absolute atomic E-state index is 0.217. The summed E-state index contributed by atoms with van der Waals surface area (Å²) in [5.41, 5.74) is 0. The Bertz CT molecular complexity index is 272. The van der Waals surface area contributed by atoms with Crippen LogP contribution in [0.5, 0.6) is 0 Å². The van der Waals surface area contributed by atoms with Gasteiger partial charge in [0.1, 0.15) is 0 Å². The molecule has 0 unspecified atom stereocenters. The van der Waals surface area contributed by atoms with Crippen molar-refractivity contribution in [2.24, 2.45) is 4.99 Å². The zero-order valence-corrected chi connectivity index (χ0v) is 9.57. The van der Waals surface area contributed by atoms with E-state index in [-0.39, 0.29) is 5.91 Å². The molecule has 0 aromatic heterocycles. The predicted molar refractivity (Wildman–Crippen MR) is 61.6 cm³/mol. The standard InChI is InChI=1S/C11H19N3O2/c15-11(14-6-8-16-9-7-14)3-5-13-10-2-1-4-12-10/h1-9H2,(H,12,13). The highest BCUT2D eigenvalue weighted by molar-refractivity contribution is 5.84. The topological polar surface area (TPSA) is 53.9 Å². The molecule has 0 aliphatic carbocycles. The molecule has 0 bridgehead atoms. The van der Waals surface area contributed by atoms with Crippen molar-refractivity contribution in [1.29, 1.82) is 0 Å². The molecule has 2 heterocycles. The number of hydrogen-bond donors (Lipinski definition) is 1. The molecule has 2 aliphatic rings. The van der Waals surface area contributed by atoms with Crippen LogP contribution in [-0.2, 0) is 9.53 Å². The van der Waals surface area contributed by atoms with E-state index in [0.717, 1.165) is 38.3 Å². The maximum Gasteiger partial charge on any atom is 0.224 e. The van der Waals surface area contributed by atoms with Crippen molar-refractivity contribution in [2.45, 2.75) is 19.3 Å². The summed E-state index contributed by atoms with van der Waals surface area (Å²) in [6.07, 6.45) is 2.73. The summed E-state index contributed by atoms with van der Waals surface area (Å²) in [6.45, 7) is 4.45. The van der Waals surface area contributed by atoms with Crippen LogP contribution in [0.2, 0.25) is 0 Å². The highest BCUT2D eigenvalue weighted by Gasteiger charge is 2.16. The van der Waals surface area contributed by atoms with Gasteiger partial charge < -0.3 is 15.0 Å². The van der Waals surface area contributed by atoms with Gasteiger partial charge in [0.15, 0.2) is 0 Å². The molecule has 1 amide bonds. The Labute approximate surface area is 95.9 Å². The molecule has 90 valence electrons. The van der Waals surface area contributed by atoms with Crippen LogP contribution in [0.4, 0.5) is 0 Å². The Balaban J connectivity index is 1.63. The Hall–Kier alpha value is -1.10. The number of ether oxygens (including phenoxy) is 1. The van der Waals surface area contributed by atoms with E-state index in [1.54, 1.807) is 0 Å². The van der Waals surface area contributed by atoms with Gasteiger partial charge in [-0.1, -0.05) is 0 Å². The van der Waals surface area contributed by atoms with E-state index >= 15 is 0 Å². The number of rotatable bonds is 3. The number of hydrogen-bond acceptors (Lipinski definition) is 4. The number of morpholine rings is 1. The summed E-state index contributed by atoms with van der Waals surface area (Å²) in [5.74, 6) is 1.28. The molecular formula is C11H19N3O2. The zero-order valence-electron chi connectivity index (χ0n) is 9.57. The molecule has 0 radical (unpaired) electrons. The van der Waals surface area contributed by atoms with E-state index in [2.05, 4.69) is 10.3 Å². The first-order valence-electron chi connectivity index (χ1n) is 5.99. The first-order chi connectivity index (χ1) is 7.86. The number of carbonyl (C=O) groups excluding carboxylic acids is 1. The number of carbonyl (C=O) groups is 1. The number of amides is 1. The summed E-state index contributed by atoms with van der Waals surface area (Å²) in [6, 6.07) is 0. The average Bonchev–Trinajstić information content (AvgIpc) is 2.83. The van der Waals surface area contributed by atoms with Crippen molar-refractivity contribution in [3.05, 3.63) is 0 Å². The predicted octanol–water partition coefficient (Wildman–Crippen LogP) is 0.0172. The molecular weight excluding hydrogens is 206 g/mol. The van der Waals surface area contributed by atoms with Gasteiger partial charge in [-0.05, 0) is 6.42 Å². The third kappa shape index (κ3) is 3.20. The second-order valence-electron chi connectivity index (χ2n) is 4.10. The van der Waals surface area contributed by atoms with Crippen molar-refractivity contribution in [3.63, 3.8) is 0 Å². The maximum atomic E-state index is 11.8. The van der Waals surface area contributed by atoms with Crippen LogP contribution >= 0.6 is 0 Å². The first-order valence-corrected chi connectivity index (χ1v) is 5.99. The molecule has 0 atom stereocenters. The van der Waals surface area contributed by atoms with Crippen LogP contribution in [-0.4, -0.2) is 56.0 Å². The summed E-state index contributed by atoms with van der Waals surface area (Å²) in [4.78, 5) is 17.9. The van der Waals surface area contributed by atoms with Crippen LogP contribution in [0.3, 0.4) is 0 Å². The van der Waals surface area contributed by atoms with E-state index in [4.69, 9.17) is 4.74 Å². The molecule has 1 N–H and O–H groups in total. The molecule has 16 heavy (non-hydrogen) atoms. The van der Waals surface area contributed by atoms with Gasteiger partial charge in [0.05, 0.1) is 19.0 Å². The van der Waals surface area contributed by atoms with Crippen molar-refractivity contribution >= 4 is 11.7 Å². The van der Waals surface area contributed by atoms with Crippen LogP contribution in [0, 0.1) is 0 Å². The Morgan fingerprint density at radius 1 is 1.44 bits per heavy atom. The minimum Gasteiger partial charge on any atom is -0.378 e. The normalized spacial score (nSPS) is 20.8. The summed E-state index contributed by atoms with van der Waals surface area (Å²) < 4.78 is 5.21. The Morgan fingerprint density at radius 2 is 2.25 bits per heavy atom. The van der Waals surface area contributed by atoms with Crippen molar-refractivity contribution in [2.75, 3.05) is 39.4 Å². The highest BCUT2D eigenvalue weighted by Crippen LogP contribution is 2.02. The largest absolute Gasteiger partial charge is 0.378 e. The molecule has 1 fully saturated rings. The van der Waals surface area contributed by atoms with Gasteiger partial charge in [0.25, 0.3) is 0 Å². The van der Waals surface area contributed by atoms with Crippen molar-refractivity contribution < 1.29 is 9.53 Å². The van der Waals surface area contributed by atoms with Gasteiger partial charge in [0.2, 0.25) is 5.91 Å². The number of amidine groups is 1. The van der Waals surface area contributed by atoms with Gasteiger partial charge in [-0.25, -0.2) is 0 Å². The van der Waals surface area contributed by atoms with E-state index in [1.807, 2.05) is 4.90 Å². The lowest BCUT2D eigenvalue weighted by atomic mass is 10.3. The highest BCUT2D eigenvalue weighted by atomic mass is 16.5. The van der Waals surface area contributed by atoms with Gasteiger partial charge in [-0.15, -0.1) is 0 Å². The maximum absolute atomic E-state index is 11.8. The Morgan fingerprint density at radius 3 is 2.94 bits per heavy atom. The van der Waals surface area contributed by atoms with Crippen LogP contribution in [0.25, 0.3) is 0 Å². The SMILES string of the molecule is O=C(CCNC1=NCCC1)N1CCOCC1. The van der Waals surface area contributed by atoms with Crippen molar-refractivity contribution in [3.8, 4) is 0 Å². The Kier molecular flexibility index (Phi) is 4.16. The lowest BCUT2D eigenvalue weighted by molar-refractivity contribution is -0.135. The average molecular weight is 225 g/mol. The summed E-state index contributed by atoms with van der Waals surface area (Å²) in [5, 5.41) is 3.22. The monoisotopic (exact) mass is 225 g/mol. The minimum atomic E-state index is 0.217. The molecule has 5 nitrogen and oxygen atoms in total. The molecule has 0 spiro atoms. The van der Waals surface area contributed by atoms with E-state index in [0.29, 0.717) is 26.2 Å². The van der Waals surface area contributed by atoms with Gasteiger partial charge >= 0.3 is 0 Å². The fourth-order valence-corrected chi connectivity index (χ4v) is 1.97. The molecule has 1 saturated heterocycles. The summed E-state index contributed by atoms with van der Waals surface area (Å²) in [7, 11) is 0. The van der Waals surface area contributed by atoms with E-state index in [1.165, 1.54) is 0 Å². The fourth-order valence-electron chi connectivity index (χ4n) is 1.97. The first kappa shape index (κ1) is 11.4. The second kappa shape index (κ2) is 5.84. The quantitative estimate of drug-likeness (QED) is 0.736. The van der Waals surface area contributed by atoms with Gasteiger partial charge in [-0.3, -0.25) is 9.79 Å². The molecule has 0 saturated carbocycles. The van der Waals surface area contributed by atoms with Crippen LogP contribution < -0.4 is 5.32 Å². The smallest absolute Gasteiger partial charge is 0.224 e. The third-order valence-corrected chi connectivity index (χ3v) is 2.91. The number of nitrogens with one attached hydrogen (secondary N) is 1. The lowest BCUT2D eigenvalue weighted by Gasteiger charge is -2.26. The van der Waals surface area contributed by atoms with E-state index in [9.17, 15) is 4.79 Å². The van der Waals surface area contributed by atoms with Crippen LogP contribution in [0.1, 0.15) is 19.3 Å². The summed E-state index contributed by atoms with van der Waals surface area (Å²) >= 11 is 0. The van der Waals surface area contributed by atoms with Gasteiger partial charge in [-0.2, -0.15) is 0 Å². The molecule has 2 rings (SSSR count). The molecule has 2 aliphatic heterocycles. The lowest BCUT2D eigenvalue weighted by Crippen LogP contribution is -2.41. The second-order valence-corrected chi connectivity index (χ2v) is 4.10. The van der Waals surface area contributed by atoms with E-state index < -0.39 is 0 Å². The van der Waals surface area contributed by atoms with Gasteiger partial charge in [0, 0.05) is 39.0 Å². The molecule has 0 aromatic carbocycles.